The van der Waals surface area contributed by atoms with Crippen LogP contribution in [0.3, 0.4) is 0 Å². The third kappa shape index (κ3) is 4.72. The van der Waals surface area contributed by atoms with Crippen molar-refractivity contribution in [1.29, 1.82) is 0 Å². The number of nitrogens with zero attached hydrogens (tertiary/aromatic N) is 2. The molecule has 2 rings (SSSR count). The number of benzene rings is 1. The number of likely N-dealkylation sites (N-methyl/N-ethyl adjacent to an activating group) is 1. The number of carboxylic acids is 1. The molecule has 0 radical (unpaired) electrons. The molecule has 0 bridgehead atoms. The van der Waals surface area contributed by atoms with Gasteiger partial charge in [-0.2, -0.15) is 0 Å². The molecule has 1 fully saturated rings. The fourth-order valence-corrected chi connectivity index (χ4v) is 2.73. The van der Waals surface area contributed by atoms with Gasteiger partial charge < -0.3 is 14.7 Å². The normalized spacial score (nSPS) is 21.0. The van der Waals surface area contributed by atoms with Crippen LogP contribution in [0.2, 0.25) is 0 Å². The van der Waals surface area contributed by atoms with Crippen LogP contribution in [-0.2, 0) is 0 Å². The number of hydrogen-bond donors (Lipinski definition) is 1. The quantitative estimate of drug-likeness (QED) is 0.896. The fraction of sp³-hybridized carbons (Fsp3) is 0.562. The first-order valence-corrected chi connectivity index (χ1v) is 7.45. The highest BCUT2D eigenvalue weighted by Gasteiger charge is 2.19. The van der Waals surface area contributed by atoms with E-state index in [1.807, 2.05) is 0 Å². The van der Waals surface area contributed by atoms with Crippen molar-refractivity contribution in [1.82, 2.24) is 9.80 Å². The number of ether oxygens (including phenoxy) is 1. The molecule has 116 valence electrons. The summed E-state index contributed by atoms with van der Waals surface area (Å²) < 4.78 is 5.71. The van der Waals surface area contributed by atoms with E-state index in [0.717, 1.165) is 31.9 Å². The minimum absolute atomic E-state index is 0.284. The Morgan fingerprint density at radius 1 is 1.33 bits per heavy atom. The number of aromatic carboxylic acids is 1. The highest BCUT2D eigenvalue weighted by atomic mass is 16.5. The first kappa shape index (κ1) is 15.8. The average molecular weight is 292 g/mol. The van der Waals surface area contributed by atoms with Crippen molar-refractivity contribution in [2.24, 2.45) is 0 Å². The highest BCUT2D eigenvalue weighted by Crippen LogP contribution is 2.13. The van der Waals surface area contributed by atoms with Crippen LogP contribution in [0.4, 0.5) is 0 Å². The molecule has 0 amide bonds. The lowest BCUT2D eigenvalue weighted by Gasteiger charge is -2.27. The summed E-state index contributed by atoms with van der Waals surface area (Å²) in [4.78, 5) is 15.6. The highest BCUT2D eigenvalue weighted by molar-refractivity contribution is 5.87. The van der Waals surface area contributed by atoms with Crippen LogP contribution in [0.1, 0.15) is 23.7 Å². The summed E-state index contributed by atoms with van der Waals surface area (Å²) in [6.07, 6.45) is 1.19. The predicted molar refractivity (Wildman–Crippen MR) is 82.0 cm³/mol. The third-order valence-electron chi connectivity index (χ3n) is 3.93. The SMILES string of the molecule is CC1CN(C)CCCN1CCOc1ccc(C(=O)O)cc1. The van der Waals surface area contributed by atoms with Gasteiger partial charge in [0.15, 0.2) is 0 Å². The Bertz CT molecular complexity index is 461. The largest absolute Gasteiger partial charge is 0.492 e. The molecule has 1 unspecified atom stereocenters. The molecule has 0 aromatic heterocycles. The van der Waals surface area contributed by atoms with E-state index in [1.54, 1.807) is 24.3 Å². The standard InChI is InChI=1S/C16H24N2O3/c1-13-12-17(2)8-3-9-18(13)10-11-21-15-6-4-14(5-7-15)16(19)20/h4-7,13H,3,8-12H2,1-2H3,(H,19,20). The van der Waals surface area contributed by atoms with Gasteiger partial charge in [-0.1, -0.05) is 0 Å². The maximum Gasteiger partial charge on any atom is 0.335 e. The van der Waals surface area contributed by atoms with Crippen LogP contribution in [0, 0.1) is 0 Å². The van der Waals surface area contributed by atoms with Crippen molar-refractivity contribution in [2.75, 3.05) is 39.8 Å². The van der Waals surface area contributed by atoms with Gasteiger partial charge in [0.1, 0.15) is 12.4 Å². The lowest BCUT2D eigenvalue weighted by Crippen LogP contribution is -2.40. The summed E-state index contributed by atoms with van der Waals surface area (Å²) in [6, 6.07) is 7.10. The molecule has 5 nitrogen and oxygen atoms in total. The summed E-state index contributed by atoms with van der Waals surface area (Å²) in [5.74, 6) is -0.191. The second-order valence-corrected chi connectivity index (χ2v) is 5.68. The Labute approximate surface area is 126 Å². The second kappa shape index (κ2) is 7.43. The monoisotopic (exact) mass is 292 g/mol. The molecule has 1 aliphatic rings. The summed E-state index contributed by atoms with van der Waals surface area (Å²) in [5.41, 5.74) is 0.284. The van der Waals surface area contributed by atoms with Gasteiger partial charge in [0.05, 0.1) is 5.56 Å². The Balaban J connectivity index is 1.79. The van der Waals surface area contributed by atoms with Crippen LogP contribution < -0.4 is 4.74 Å². The van der Waals surface area contributed by atoms with Crippen LogP contribution >= 0.6 is 0 Å². The molecule has 1 atom stereocenters. The molecule has 1 N–H and O–H groups in total. The number of rotatable bonds is 5. The van der Waals surface area contributed by atoms with Gasteiger partial charge >= 0.3 is 5.97 Å². The second-order valence-electron chi connectivity index (χ2n) is 5.68. The fourth-order valence-electron chi connectivity index (χ4n) is 2.73. The zero-order valence-electron chi connectivity index (χ0n) is 12.8. The summed E-state index contributed by atoms with van der Waals surface area (Å²) in [6.45, 7) is 7.12. The molecule has 1 saturated heterocycles. The molecule has 1 heterocycles. The Morgan fingerprint density at radius 3 is 2.71 bits per heavy atom. The Morgan fingerprint density at radius 2 is 2.05 bits per heavy atom. The topological polar surface area (TPSA) is 53.0 Å². The van der Waals surface area contributed by atoms with Gasteiger partial charge in [-0.15, -0.1) is 0 Å². The zero-order chi connectivity index (χ0) is 15.2. The van der Waals surface area contributed by atoms with Crippen LogP contribution in [0.15, 0.2) is 24.3 Å². The van der Waals surface area contributed by atoms with Gasteiger partial charge in [-0.25, -0.2) is 4.79 Å². The van der Waals surface area contributed by atoms with E-state index < -0.39 is 5.97 Å². The zero-order valence-corrected chi connectivity index (χ0v) is 12.8. The van der Waals surface area contributed by atoms with E-state index in [0.29, 0.717) is 12.6 Å². The van der Waals surface area contributed by atoms with Crippen molar-refractivity contribution >= 4 is 5.97 Å². The third-order valence-corrected chi connectivity index (χ3v) is 3.93. The molecular formula is C16H24N2O3. The lowest BCUT2D eigenvalue weighted by molar-refractivity contribution is 0.0697. The van der Waals surface area contributed by atoms with Crippen molar-refractivity contribution in [2.45, 2.75) is 19.4 Å². The molecule has 0 saturated carbocycles. The van der Waals surface area contributed by atoms with Gasteiger partial charge in [0.25, 0.3) is 0 Å². The number of hydrogen-bond acceptors (Lipinski definition) is 4. The Kier molecular flexibility index (Phi) is 5.59. The van der Waals surface area contributed by atoms with Crippen molar-refractivity contribution in [3.05, 3.63) is 29.8 Å². The molecule has 5 heteroatoms. The van der Waals surface area contributed by atoms with E-state index in [-0.39, 0.29) is 5.56 Å². The smallest absolute Gasteiger partial charge is 0.335 e. The molecule has 21 heavy (non-hydrogen) atoms. The molecular weight excluding hydrogens is 268 g/mol. The van der Waals surface area contributed by atoms with E-state index in [4.69, 9.17) is 9.84 Å². The average Bonchev–Trinajstić information content (AvgIpc) is 2.60. The van der Waals surface area contributed by atoms with Gasteiger partial charge in [0.2, 0.25) is 0 Å². The van der Waals surface area contributed by atoms with Crippen molar-refractivity contribution in [3.8, 4) is 5.75 Å². The molecule has 1 aliphatic heterocycles. The number of carboxylic acid groups (broad SMARTS) is 1. The van der Waals surface area contributed by atoms with E-state index >= 15 is 0 Å². The minimum Gasteiger partial charge on any atom is -0.492 e. The van der Waals surface area contributed by atoms with E-state index in [9.17, 15) is 4.79 Å². The van der Waals surface area contributed by atoms with Crippen molar-refractivity contribution in [3.63, 3.8) is 0 Å². The molecule has 0 spiro atoms. The molecule has 1 aromatic rings. The first-order chi connectivity index (χ1) is 10.1. The first-order valence-electron chi connectivity index (χ1n) is 7.45. The molecule has 1 aromatic carbocycles. The van der Waals surface area contributed by atoms with Gasteiger partial charge in [-0.05, 0) is 57.7 Å². The van der Waals surface area contributed by atoms with E-state index in [1.165, 1.54) is 6.42 Å². The molecule has 0 aliphatic carbocycles. The van der Waals surface area contributed by atoms with Gasteiger partial charge in [-0.3, -0.25) is 4.90 Å². The van der Waals surface area contributed by atoms with E-state index in [2.05, 4.69) is 23.8 Å². The van der Waals surface area contributed by atoms with Crippen molar-refractivity contribution < 1.29 is 14.6 Å². The number of carbonyl (C=O) groups is 1. The summed E-state index contributed by atoms with van der Waals surface area (Å²) in [7, 11) is 2.17. The summed E-state index contributed by atoms with van der Waals surface area (Å²) in [5, 5.41) is 8.85. The predicted octanol–water partition coefficient (Wildman–Crippen LogP) is 1.79. The maximum absolute atomic E-state index is 10.8. The Hall–Kier alpha value is -1.59. The van der Waals surface area contributed by atoms with Crippen LogP contribution in [0.25, 0.3) is 0 Å². The van der Waals surface area contributed by atoms with Crippen LogP contribution in [-0.4, -0.2) is 66.8 Å². The lowest BCUT2D eigenvalue weighted by atomic mass is 10.2. The summed E-state index contributed by atoms with van der Waals surface area (Å²) >= 11 is 0. The van der Waals surface area contributed by atoms with Crippen LogP contribution in [0.5, 0.6) is 5.75 Å². The van der Waals surface area contributed by atoms with Gasteiger partial charge in [0, 0.05) is 19.1 Å². The maximum atomic E-state index is 10.8. The minimum atomic E-state index is -0.913.